The Balaban J connectivity index is 1.70. The molecule has 25 heavy (non-hydrogen) atoms. The summed E-state index contributed by atoms with van der Waals surface area (Å²) < 4.78 is 11.1. The summed E-state index contributed by atoms with van der Waals surface area (Å²) in [5.74, 6) is 1.67. The van der Waals surface area contributed by atoms with Crippen LogP contribution in [0.4, 0.5) is 0 Å². The predicted octanol–water partition coefficient (Wildman–Crippen LogP) is 4.73. The Kier molecular flexibility index (Phi) is 3.96. The second-order valence-corrected chi connectivity index (χ2v) is 6.51. The number of aryl methyl sites for hydroxylation is 1. The molecule has 0 unspecified atom stereocenters. The number of methoxy groups -OCH3 is 1. The van der Waals surface area contributed by atoms with E-state index in [9.17, 15) is 4.79 Å². The molecule has 2 aromatic carbocycles. The van der Waals surface area contributed by atoms with E-state index < -0.39 is 0 Å². The fourth-order valence-corrected chi connectivity index (χ4v) is 3.72. The van der Waals surface area contributed by atoms with Crippen LogP contribution in [0.25, 0.3) is 11.0 Å². The molecule has 1 amide bonds. The highest BCUT2D eigenvalue weighted by atomic mass is 16.5. The number of nitrogens with zero attached hydrogens (tertiary/aromatic N) is 1. The van der Waals surface area contributed by atoms with Crippen molar-refractivity contribution in [1.29, 1.82) is 0 Å². The highest BCUT2D eigenvalue weighted by molar-refractivity contribution is 6.05. The van der Waals surface area contributed by atoms with Crippen molar-refractivity contribution < 1.29 is 13.9 Å². The number of likely N-dealkylation sites (tertiary alicyclic amines) is 1. The standard InChI is InChI=1S/C21H21NO3/c1-14-12-16-7-4-9-18(20(16)25-14)21(23)22-11-5-10-19(22)15-6-3-8-17(13-15)24-2/h3-4,6-9,12-13,19H,5,10-11H2,1-2H3/t19-/m1/s1. The van der Waals surface area contributed by atoms with Gasteiger partial charge in [0.05, 0.1) is 18.7 Å². The van der Waals surface area contributed by atoms with Gasteiger partial charge in [0, 0.05) is 11.9 Å². The zero-order valence-corrected chi connectivity index (χ0v) is 14.5. The summed E-state index contributed by atoms with van der Waals surface area (Å²) in [6.07, 6.45) is 1.97. The summed E-state index contributed by atoms with van der Waals surface area (Å²) in [7, 11) is 1.66. The van der Waals surface area contributed by atoms with Crippen LogP contribution in [0.5, 0.6) is 5.75 Å². The van der Waals surface area contributed by atoms with E-state index in [0.717, 1.165) is 41.8 Å². The number of benzene rings is 2. The molecule has 1 aliphatic rings. The van der Waals surface area contributed by atoms with Gasteiger partial charge in [-0.1, -0.05) is 24.3 Å². The van der Waals surface area contributed by atoms with Crippen molar-refractivity contribution in [2.75, 3.05) is 13.7 Å². The van der Waals surface area contributed by atoms with E-state index in [-0.39, 0.29) is 11.9 Å². The number of hydrogen-bond donors (Lipinski definition) is 0. The number of rotatable bonds is 3. The lowest BCUT2D eigenvalue weighted by Crippen LogP contribution is -2.30. The summed E-state index contributed by atoms with van der Waals surface area (Å²) >= 11 is 0. The first-order chi connectivity index (χ1) is 12.2. The molecule has 4 rings (SSSR count). The van der Waals surface area contributed by atoms with Gasteiger partial charge in [-0.15, -0.1) is 0 Å². The van der Waals surface area contributed by atoms with Crippen LogP contribution in [0, 0.1) is 6.92 Å². The van der Waals surface area contributed by atoms with Gasteiger partial charge in [0.2, 0.25) is 0 Å². The average molecular weight is 335 g/mol. The Morgan fingerprint density at radius 1 is 1.20 bits per heavy atom. The molecule has 1 atom stereocenters. The molecule has 4 heteroatoms. The van der Waals surface area contributed by atoms with E-state index in [1.54, 1.807) is 7.11 Å². The average Bonchev–Trinajstić information content (AvgIpc) is 3.26. The van der Waals surface area contributed by atoms with Gasteiger partial charge < -0.3 is 14.1 Å². The minimum atomic E-state index is 0.0327. The summed E-state index contributed by atoms with van der Waals surface area (Å²) in [6.45, 7) is 2.67. The number of hydrogen-bond acceptors (Lipinski definition) is 3. The molecule has 4 nitrogen and oxygen atoms in total. The molecular formula is C21H21NO3. The number of carbonyl (C=O) groups excluding carboxylic acids is 1. The van der Waals surface area contributed by atoms with Crippen LogP contribution < -0.4 is 4.74 Å². The van der Waals surface area contributed by atoms with E-state index >= 15 is 0 Å². The maximum atomic E-state index is 13.2. The molecule has 0 spiro atoms. The van der Waals surface area contributed by atoms with Gasteiger partial charge in [0.25, 0.3) is 5.91 Å². The Labute approximate surface area is 147 Å². The molecule has 0 bridgehead atoms. The first kappa shape index (κ1) is 15.8. The van der Waals surface area contributed by atoms with E-state index in [0.29, 0.717) is 11.1 Å². The maximum Gasteiger partial charge on any atom is 0.258 e. The Hall–Kier alpha value is -2.75. The zero-order valence-electron chi connectivity index (χ0n) is 14.5. The maximum absolute atomic E-state index is 13.2. The van der Waals surface area contributed by atoms with Crippen LogP contribution in [0.15, 0.2) is 52.9 Å². The molecule has 1 saturated heterocycles. The predicted molar refractivity (Wildman–Crippen MR) is 97.0 cm³/mol. The largest absolute Gasteiger partial charge is 0.497 e. The minimum absolute atomic E-state index is 0.0327. The van der Waals surface area contributed by atoms with E-state index in [2.05, 4.69) is 6.07 Å². The number of para-hydroxylation sites is 1. The van der Waals surface area contributed by atoms with E-state index in [1.807, 2.05) is 54.3 Å². The molecule has 0 N–H and O–H groups in total. The third kappa shape index (κ3) is 2.78. The van der Waals surface area contributed by atoms with Gasteiger partial charge in [0.1, 0.15) is 17.1 Å². The number of fused-ring (bicyclic) bond motifs is 1. The number of carbonyl (C=O) groups is 1. The van der Waals surface area contributed by atoms with Gasteiger partial charge in [0.15, 0.2) is 0 Å². The van der Waals surface area contributed by atoms with E-state index in [1.165, 1.54) is 0 Å². The van der Waals surface area contributed by atoms with E-state index in [4.69, 9.17) is 9.15 Å². The van der Waals surface area contributed by atoms with Crippen LogP contribution in [0.1, 0.15) is 40.6 Å². The fraction of sp³-hybridized carbons (Fsp3) is 0.286. The van der Waals surface area contributed by atoms with Crippen LogP contribution in [-0.2, 0) is 0 Å². The summed E-state index contributed by atoms with van der Waals surface area (Å²) in [5.41, 5.74) is 2.44. The van der Waals surface area contributed by atoms with Crippen molar-refractivity contribution in [3.05, 3.63) is 65.4 Å². The lowest BCUT2D eigenvalue weighted by Gasteiger charge is -2.25. The lowest BCUT2D eigenvalue weighted by molar-refractivity contribution is 0.0736. The number of furan rings is 1. The first-order valence-corrected chi connectivity index (χ1v) is 8.61. The number of ether oxygens (including phenoxy) is 1. The highest BCUT2D eigenvalue weighted by Crippen LogP contribution is 2.35. The first-order valence-electron chi connectivity index (χ1n) is 8.61. The fourth-order valence-electron chi connectivity index (χ4n) is 3.72. The SMILES string of the molecule is COc1cccc([C@H]2CCCN2C(=O)c2cccc3cc(C)oc23)c1. The summed E-state index contributed by atoms with van der Waals surface area (Å²) in [5, 5.41) is 0.973. The molecular weight excluding hydrogens is 314 g/mol. The van der Waals surface area contributed by atoms with Crippen LogP contribution in [0.3, 0.4) is 0 Å². The monoisotopic (exact) mass is 335 g/mol. The molecule has 2 heterocycles. The van der Waals surface area contributed by atoms with Gasteiger partial charge in [-0.05, 0) is 49.6 Å². The molecule has 1 aromatic heterocycles. The van der Waals surface area contributed by atoms with Crippen molar-refractivity contribution in [2.45, 2.75) is 25.8 Å². The Bertz CT molecular complexity index is 928. The molecule has 0 aliphatic carbocycles. The third-order valence-corrected chi connectivity index (χ3v) is 4.89. The van der Waals surface area contributed by atoms with Crippen LogP contribution >= 0.6 is 0 Å². The second kappa shape index (κ2) is 6.28. The van der Waals surface area contributed by atoms with Gasteiger partial charge in [-0.2, -0.15) is 0 Å². The van der Waals surface area contributed by atoms with Crippen molar-refractivity contribution >= 4 is 16.9 Å². The normalized spacial score (nSPS) is 17.2. The molecule has 0 radical (unpaired) electrons. The molecule has 128 valence electrons. The van der Waals surface area contributed by atoms with Crippen molar-refractivity contribution in [3.8, 4) is 5.75 Å². The van der Waals surface area contributed by atoms with Gasteiger partial charge >= 0.3 is 0 Å². The molecule has 1 aliphatic heterocycles. The summed E-state index contributed by atoms with van der Waals surface area (Å²) in [6, 6.07) is 15.8. The zero-order chi connectivity index (χ0) is 17.4. The van der Waals surface area contributed by atoms with Crippen LogP contribution in [-0.4, -0.2) is 24.5 Å². The third-order valence-electron chi connectivity index (χ3n) is 4.89. The highest BCUT2D eigenvalue weighted by Gasteiger charge is 2.32. The van der Waals surface area contributed by atoms with Crippen molar-refractivity contribution in [1.82, 2.24) is 4.90 Å². The van der Waals surface area contributed by atoms with Gasteiger partial charge in [-0.25, -0.2) is 0 Å². The second-order valence-electron chi connectivity index (χ2n) is 6.51. The lowest BCUT2D eigenvalue weighted by atomic mass is 10.0. The van der Waals surface area contributed by atoms with Crippen molar-refractivity contribution in [3.63, 3.8) is 0 Å². The quantitative estimate of drug-likeness (QED) is 0.695. The summed E-state index contributed by atoms with van der Waals surface area (Å²) in [4.78, 5) is 15.2. The molecule has 3 aromatic rings. The number of amides is 1. The molecule has 0 saturated carbocycles. The van der Waals surface area contributed by atoms with Crippen LogP contribution in [0.2, 0.25) is 0 Å². The topological polar surface area (TPSA) is 42.7 Å². The Morgan fingerprint density at radius 3 is 2.88 bits per heavy atom. The smallest absolute Gasteiger partial charge is 0.258 e. The minimum Gasteiger partial charge on any atom is -0.497 e. The Morgan fingerprint density at radius 2 is 2.04 bits per heavy atom. The molecule has 1 fully saturated rings. The van der Waals surface area contributed by atoms with Crippen molar-refractivity contribution in [2.24, 2.45) is 0 Å². The van der Waals surface area contributed by atoms with Gasteiger partial charge in [-0.3, -0.25) is 4.79 Å².